The van der Waals surface area contributed by atoms with Crippen LogP contribution in [0.1, 0.15) is 39.9 Å². The molecule has 1 atom stereocenters. The SMILES string of the molecule is Cn1cnc(COC(=O)N[C@H]2CCc3c2c(Cl)n(C)c3C(=O)Nc2ccc(F)c(Cl)c2)n1. The molecular weight excluding hydrogens is 462 g/mol. The first-order chi connectivity index (χ1) is 15.2. The summed E-state index contributed by atoms with van der Waals surface area (Å²) in [6.07, 6.45) is 1.97. The number of carbonyl (C=O) groups excluding carboxylic acids is 2. The minimum atomic E-state index is -0.637. The molecule has 0 saturated carbocycles. The lowest BCUT2D eigenvalue weighted by molar-refractivity contribution is 0.101. The Kier molecular flexibility index (Phi) is 6.07. The smallest absolute Gasteiger partial charge is 0.408 e. The molecule has 0 spiro atoms. The Labute approximate surface area is 192 Å². The number of anilines is 1. The van der Waals surface area contributed by atoms with E-state index in [1.807, 2.05) is 0 Å². The number of nitrogens with zero attached hydrogens (tertiary/aromatic N) is 4. The number of nitrogens with one attached hydrogen (secondary N) is 2. The number of halogens is 3. The Bertz CT molecular complexity index is 1210. The zero-order valence-electron chi connectivity index (χ0n) is 17.2. The minimum absolute atomic E-state index is 0.0668. The van der Waals surface area contributed by atoms with Crippen molar-refractivity contribution >= 4 is 40.9 Å². The van der Waals surface area contributed by atoms with Gasteiger partial charge in [0.25, 0.3) is 5.91 Å². The first-order valence-electron chi connectivity index (χ1n) is 9.65. The van der Waals surface area contributed by atoms with Gasteiger partial charge < -0.3 is 19.9 Å². The number of rotatable bonds is 5. The number of benzene rings is 1. The summed E-state index contributed by atoms with van der Waals surface area (Å²) in [4.78, 5) is 29.2. The topological polar surface area (TPSA) is 103 Å². The quantitative estimate of drug-likeness (QED) is 0.578. The summed E-state index contributed by atoms with van der Waals surface area (Å²) in [7, 11) is 3.38. The number of hydrogen-bond donors (Lipinski definition) is 2. The van der Waals surface area contributed by atoms with Crippen molar-refractivity contribution in [1.82, 2.24) is 24.6 Å². The third-order valence-corrected chi connectivity index (χ3v) is 5.91. The fourth-order valence-electron chi connectivity index (χ4n) is 3.74. The third-order valence-electron chi connectivity index (χ3n) is 5.16. The summed E-state index contributed by atoms with van der Waals surface area (Å²) in [5.74, 6) is -0.609. The zero-order chi connectivity index (χ0) is 23.0. The number of fused-ring (bicyclic) bond motifs is 1. The molecule has 1 aromatic carbocycles. The fraction of sp³-hybridized carbons (Fsp3) is 0.300. The van der Waals surface area contributed by atoms with Crippen LogP contribution in [0.3, 0.4) is 0 Å². The number of amides is 2. The van der Waals surface area contributed by atoms with E-state index in [4.69, 9.17) is 27.9 Å². The second-order valence-corrected chi connectivity index (χ2v) is 8.09. The normalized spacial score (nSPS) is 14.8. The summed E-state index contributed by atoms with van der Waals surface area (Å²) in [6.45, 7) is -0.0668. The van der Waals surface area contributed by atoms with Gasteiger partial charge in [-0.3, -0.25) is 9.48 Å². The van der Waals surface area contributed by atoms with E-state index >= 15 is 0 Å². The molecule has 2 aromatic heterocycles. The van der Waals surface area contributed by atoms with E-state index in [0.29, 0.717) is 40.8 Å². The van der Waals surface area contributed by atoms with Gasteiger partial charge in [-0.1, -0.05) is 23.2 Å². The minimum Gasteiger partial charge on any atom is -0.441 e. The van der Waals surface area contributed by atoms with Crippen molar-refractivity contribution in [2.75, 3.05) is 5.32 Å². The molecule has 0 saturated heterocycles. The molecule has 12 heteroatoms. The lowest BCUT2D eigenvalue weighted by Crippen LogP contribution is -2.28. The first kappa shape index (κ1) is 22.1. The summed E-state index contributed by atoms with van der Waals surface area (Å²) >= 11 is 12.3. The summed E-state index contributed by atoms with van der Waals surface area (Å²) < 4.78 is 21.6. The van der Waals surface area contributed by atoms with E-state index in [-0.39, 0.29) is 11.6 Å². The lowest BCUT2D eigenvalue weighted by Gasteiger charge is -2.14. The van der Waals surface area contributed by atoms with Crippen LogP contribution in [0.4, 0.5) is 14.9 Å². The Morgan fingerprint density at radius 2 is 2.09 bits per heavy atom. The van der Waals surface area contributed by atoms with Gasteiger partial charge in [0.1, 0.15) is 23.0 Å². The Balaban J connectivity index is 1.48. The van der Waals surface area contributed by atoms with E-state index in [9.17, 15) is 14.0 Å². The van der Waals surface area contributed by atoms with Crippen LogP contribution >= 0.6 is 23.2 Å². The molecule has 2 amide bonds. The van der Waals surface area contributed by atoms with Gasteiger partial charge in [-0.05, 0) is 36.6 Å². The Hall–Kier alpha value is -3.11. The fourth-order valence-corrected chi connectivity index (χ4v) is 4.25. The van der Waals surface area contributed by atoms with Gasteiger partial charge >= 0.3 is 6.09 Å². The van der Waals surface area contributed by atoms with Crippen molar-refractivity contribution in [3.05, 3.63) is 63.2 Å². The molecule has 4 rings (SSSR count). The molecule has 1 aliphatic carbocycles. The number of aromatic nitrogens is 4. The monoisotopic (exact) mass is 480 g/mol. The number of ether oxygens (including phenoxy) is 1. The molecule has 9 nitrogen and oxygen atoms in total. The number of alkyl carbamates (subject to hydrolysis) is 1. The van der Waals surface area contributed by atoms with Gasteiger partial charge in [0, 0.05) is 25.3 Å². The number of hydrogen-bond acceptors (Lipinski definition) is 5. The number of aryl methyl sites for hydroxylation is 1. The van der Waals surface area contributed by atoms with Crippen LogP contribution in [0.5, 0.6) is 0 Å². The van der Waals surface area contributed by atoms with Gasteiger partial charge in [0.2, 0.25) is 0 Å². The van der Waals surface area contributed by atoms with E-state index < -0.39 is 23.9 Å². The molecule has 3 aromatic rings. The predicted molar refractivity (Wildman–Crippen MR) is 115 cm³/mol. The second kappa shape index (κ2) is 8.79. The van der Waals surface area contributed by atoms with Crippen molar-refractivity contribution in [3.63, 3.8) is 0 Å². The summed E-state index contributed by atoms with van der Waals surface area (Å²) in [5.41, 5.74) is 2.12. The highest BCUT2D eigenvalue weighted by molar-refractivity contribution is 6.31. The molecule has 1 aliphatic rings. The van der Waals surface area contributed by atoms with Crippen LogP contribution in [-0.2, 0) is 31.9 Å². The summed E-state index contributed by atoms with van der Waals surface area (Å²) in [5, 5.41) is 9.79. The highest BCUT2D eigenvalue weighted by Crippen LogP contribution is 2.40. The molecule has 0 unspecified atom stereocenters. The standard InChI is InChI=1S/C20H19Cl2FN6O3/c1-28-9-24-15(27-28)8-32-20(31)26-14-6-4-11-16(14)18(22)29(2)17(11)19(30)25-10-3-5-13(23)12(21)7-10/h3,5,7,9,14H,4,6,8H2,1-2H3,(H,25,30)(H,26,31)/t14-/m0/s1. The van der Waals surface area contributed by atoms with Gasteiger partial charge in [0.05, 0.1) is 11.1 Å². The van der Waals surface area contributed by atoms with Crippen LogP contribution < -0.4 is 10.6 Å². The molecular formula is C20H19Cl2FN6O3. The van der Waals surface area contributed by atoms with Crippen LogP contribution in [-0.4, -0.2) is 31.3 Å². The van der Waals surface area contributed by atoms with Crippen LogP contribution in [0.2, 0.25) is 10.2 Å². The first-order valence-corrected chi connectivity index (χ1v) is 10.4. The molecule has 2 N–H and O–H groups in total. The molecule has 0 bridgehead atoms. The second-order valence-electron chi connectivity index (χ2n) is 7.32. The maximum Gasteiger partial charge on any atom is 0.408 e. The Morgan fingerprint density at radius 3 is 2.78 bits per heavy atom. The van der Waals surface area contributed by atoms with Gasteiger partial charge in [-0.15, -0.1) is 0 Å². The molecule has 2 heterocycles. The maximum absolute atomic E-state index is 13.4. The predicted octanol–water partition coefficient (Wildman–Crippen LogP) is 3.77. The van der Waals surface area contributed by atoms with Gasteiger partial charge in [-0.25, -0.2) is 14.2 Å². The van der Waals surface area contributed by atoms with E-state index in [1.54, 1.807) is 18.7 Å². The van der Waals surface area contributed by atoms with E-state index in [2.05, 4.69) is 20.7 Å². The molecule has 32 heavy (non-hydrogen) atoms. The van der Waals surface area contributed by atoms with Crippen molar-refractivity contribution in [3.8, 4) is 0 Å². The average Bonchev–Trinajstić information content (AvgIpc) is 3.41. The van der Waals surface area contributed by atoms with Crippen LogP contribution in [0.25, 0.3) is 0 Å². The largest absolute Gasteiger partial charge is 0.441 e. The lowest BCUT2D eigenvalue weighted by atomic mass is 10.1. The van der Waals surface area contributed by atoms with E-state index in [0.717, 1.165) is 5.56 Å². The highest BCUT2D eigenvalue weighted by Gasteiger charge is 2.35. The summed E-state index contributed by atoms with van der Waals surface area (Å²) in [6, 6.07) is 3.51. The van der Waals surface area contributed by atoms with E-state index in [1.165, 1.54) is 29.2 Å². The van der Waals surface area contributed by atoms with Crippen molar-refractivity contribution < 1.29 is 18.7 Å². The molecule has 0 aliphatic heterocycles. The van der Waals surface area contributed by atoms with Crippen molar-refractivity contribution in [2.45, 2.75) is 25.5 Å². The molecule has 0 radical (unpaired) electrons. The number of carbonyl (C=O) groups is 2. The molecule has 168 valence electrons. The van der Waals surface area contributed by atoms with Crippen LogP contribution in [0.15, 0.2) is 24.5 Å². The highest BCUT2D eigenvalue weighted by atomic mass is 35.5. The van der Waals surface area contributed by atoms with Gasteiger partial charge in [-0.2, -0.15) is 5.10 Å². The zero-order valence-corrected chi connectivity index (χ0v) is 18.7. The third kappa shape index (κ3) is 4.28. The van der Waals surface area contributed by atoms with Crippen molar-refractivity contribution in [1.29, 1.82) is 0 Å². The average molecular weight is 481 g/mol. The van der Waals surface area contributed by atoms with Gasteiger partial charge in [0.15, 0.2) is 12.4 Å². The van der Waals surface area contributed by atoms with Crippen LogP contribution in [0, 0.1) is 5.82 Å². The maximum atomic E-state index is 13.4. The van der Waals surface area contributed by atoms with Crippen molar-refractivity contribution in [2.24, 2.45) is 14.1 Å². The Morgan fingerprint density at radius 1 is 1.31 bits per heavy atom. The molecule has 0 fully saturated rings.